The third-order valence-electron chi connectivity index (χ3n) is 9.08. The van der Waals surface area contributed by atoms with E-state index in [0.29, 0.717) is 29.9 Å². The molecule has 5 atom stereocenters. The number of phenols is 1. The minimum atomic E-state index is -1.30. The lowest BCUT2D eigenvalue weighted by atomic mass is 9.51. The van der Waals surface area contributed by atoms with Gasteiger partial charge in [0.1, 0.15) is 28.9 Å². The predicted molar refractivity (Wildman–Crippen MR) is 126 cm³/mol. The first-order chi connectivity index (χ1) is 15.8. The average Bonchev–Trinajstić information content (AvgIpc) is 3.05. The van der Waals surface area contributed by atoms with Gasteiger partial charge in [-0.15, -0.1) is 0 Å². The Morgan fingerprint density at radius 1 is 1.21 bits per heavy atom. The fourth-order valence-electron chi connectivity index (χ4n) is 7.16. The number of hydrogen-bond donors (Lipinski definition) is 1. The Bertz CT molecular complexity index is 1250. The number of rotatable bonds is 2. The largest absolute Gasteiger partial charge is 0.507 e. The van der Waals surface area contributed by atoms with E-state index in [1.165, 1.54) is 6.07 Å². The molecule has 4 bridgehead atoms. The lowest BCUT2D eigenvalue weighted by Crippen LogP contribution is -2.72. The van der Waals surface area contributed by atoms with Crippen LogP contribution in [0, 0.1) is 11.8 Å². The number of Topliss-reactive ketones (excluding diaryl/α,β-unsaturated/α-hetero) is 2. The summed E-state index contributed by atoms with van der Waals surface area (Å²) < 4.78 is 19.8. The molecule has 34 heavy (non-hydrogen) atoms. The predicted octanol–water partition coefficient (Wildman–Crippen LogP) is 4.81. The molecule has 1 saturated carbocycles. The van der Waals surface area contributed by atoms with Crippen LogP contribution in [0.25, 0.3) is 0 Å². The van der Waals surface area contributed by atoms with Crippen LogP contribution in [-0.2, 0) is 14.9 Å². The summed E-state index contributed by atoms with van der Waals surface area (Å²) in [6, 6.07) is 1.53. The van der Waals surface area contributed by atoms with Gasteiger partial charge in [-0.1, -0.05) is 31.6 Å². The number of carbonyl (C=O) groups is 2. The van der Waals surface area contributed by atoms with Gasteiger partial charge in [0.2, 0.25) is 0 Å². The highest BCUT2D eigenvalue weighted by atomic mass is 16.6. The Morgan fingerprint density at radius 3 is 2.59 bits per heavy atom. The summed E-state index contributed by atoms with van der Waals surface area (Å²) >= 11 is 0. The summed E-state index contributed by atoms with van der Waals surface area (Å²) in [5, 5.41) is 10.9. The number of aromatic hydroxyl groups is 1. The van der Waals surface area contributed by atoms with Crippen molar-refractivity contribution in [3.63, 3.8) is 0 Å². The Hall–Kier alpha value is -2.60. The first-order valence-corrected chi connectivity index (χ1v) is 12.2. The van der Waals surface area contributed by atoms with Gasteiger partial charge in [0, 0.05) is 40.9 Å². The molecule has 1 aromatic carbocycles. The van der Waals surface area contributed by atoms with E-state index in [0.717, 1.165) is 11.1 Å². The summed E-state index contributed by atoms with van der Waals surface area (Å²) in [4.78, 5) is 28.1. The molecule has 0 unspecified atom stereocenters. The molecule has 0 amide bonds. The van der Waals surface area contributed by atoms with Crippen LogP contribution in [0.1, 0.15) is 77.2 Å². The van der Waals surface area contributed by atoms with Crippen molar-refractivity contribution in [3.05, 3.63) is 40.5 Å². The van der Waals surface area contributed by atoms with Crippen LogP contribution in [0.4, 0.5) is 0 Å². The van der Waals surface area contributed by atoms with Gasteiger partial charge < -0.3 is 19.3 Å². The Labute approximate surface area is 200 Å². The minimum absolute atomic E-state index is 0.0208. The zero-order chi connectivity index (χ0) is 24.6. The van der Waals surface area contributed by atoms with E-state index in [9.17, 15) is 14.7 Å². The standard InChI is InChI=1S/C28H32O6/c1-13(2)8-9-27-24(31)15-10-16-22(30)20-17(29)12-18-21(25(4,5)14(3)32-18)23(20)33-28(16,27)19(11-15)26(6,7)34-27/h8,10,12,14-15,19,29H,9,11H2,1-7H3/t14-,15+,19-,27-,28+/m0/s1. The van der Waals surface area contributed by atoms with Crippen LogP contribution < -0.4 is 9.47 Å². The number of carbonyl (C=O) groups excluding carboxylic acids is 2. The molecule has 1 saturated heterocycles. The van der Waals surface area contributed by atoms with Gasteiger partial charge in [-0.2, -0.15) is 0 Å². The Kier molecular flexibility index (Phi) is 3.96. The van der Waals surface area contributed by atoms with Crippen molar-refractivity contribution in [2.75, 3.05) is 0 Å². The van der Waals surface area contributed by atoms with E-state index in [2.05, 4.69) is 13.8 Å². The maximum absolute atomic E-state index is 14.1. The topological polar surface area (TPSA) is 82.1 Å². The van der Waals surface area contributed by atoms with Crippen molar-refractivity contribution in [1.82, 2.24) is 0 Å². The molecule has 3 aliphatic carbocycles. The van der Waals surface area contributed by atoms with Crippen molar-refractivity contribution in [3.8, 4) is 17.2 Å². The van der Waals surface area contributed by atoms with Crippen LogP contribution in [0.5, 0.6) is 17.2 Å². The fourth-order valence-corrected chi connectivity index (χ4v) is 7.16. The molecule has 6 aliphatic rings. The highest BCUT2D eigenvalue weighted by Crippen LogP contribution is 2.69. The van der Waals surface area contributed by atoms with Gasteiger partial charge in [0.05, 0.1) is 5.60 Å². The first kappa shape index (κ1) is 21.9. The third kappa shape index (κ3) is 2.22. The molecule has 0 aromatic heterocycles. The van der Waals surface area contributed by atoms with Crippen molar-refractivity contribution < 1.29 is 28.9 Å². The molecule has 3 heterocycles. The molecule has 3 aliphatic heterocycles. The molecule has 1 aromatic rings. The van der Waals surface area contributed by atoms with Gasteiger partial charge in [0.15, 0.2) is 22.8 Å². The first-order valence-electron chi connectivity index (χ1n) is 12.2. The number of ether oxygens (including phenoxy) is 3. The summed E-state index contributed by atoms with van der Waals surface area (Å²) in [5.74, 6) is -0.182. The summed E-state index contributed by atoms with van der Waals surface area (Å²) in [6.07, 6.45) is 4.53. The molecular weight excluding hydrogens is 432 g/mol. The van der Waals surface area contributed by atoms with Crippen LogP contribution in [0.3, 0.4) is 0 Å². The molecule has 1 spiro atoms. The molecule has 2 fully saturated rings. The highest BCUT2D eigenvalue weighted by Gasteiger charge is 2.81. The second-order valence-electron chi connectivity index (χ2n) is 12.0. The number of fused-ring (bicyclic) bond motifs is 3. The summed E-state index contributed by atoms with van der Waals surface area (Å²) in [7, 11) is 0. The van der Waals surface area contributed by atoms with E-state index in [1.807, 2.05) is 40.7 Å². The van der Waals surface area contributed by atoms with Gasteiger partial charge in [-0.25, -0.2) is 0 Å². The highest BCUT2D eigenvalue weighted by molar-refractivity contribution is 6.18. The molecule has 180 valence electrons. The van der Waals surface area contributed by atoms with Crippen molar-refractivity contribution in [1.29, 1.82) is 0 Å². The average molecular weight is 465 g/mol. The molecule has 6 nitrogen and oxygen atoms in total. The van der Waals surface area contributed by atoms with Gasteiger partial charge in [0.25, 0.3) is 0 Å². The second-order valence-corrected chi connectivity index (χ2v) is 12.0. The molecule has 0 radical (unpaired) electrons. The van der Waals surface area contributed by atoms with E-state index in [-0.39, 0.29) is 34.9 Å². The molecule has 7 rings (SSSR count). The van der Waals surface area contributed by atoms with Gasteiger partial charge >= 0.3 is 0 Å². The van der Waals surface area contributed by atoms with E-state index in [1.54, 1.807) is 6.08 Å². The van der Waals surface area contributed by atoms with Gasteiger partial charge in [-0.05, 0) is 41.0 Å². The lowest BCUT2D eigenvalue weighted by Gasteiger charge is -2.56. The summed E-state index contributed by atoms with van der Waals surface area (Å²) in [5.41, 5.74) is -1.22. The maximum Gasteiger partial charge on any atom is 0.200 e. The van der Waals surface area contributed by atoms with E-state index < -0.39 is 28.1 Å². The lowest BCUT2D eigenvalue weighted by molar-refractivity contribution is -0.171. The molecule has 6 heteroatoms. The van der Waals surface area contributed by atoms with Crippen LogP contribution in [0.15, 0.2) is 29.4 Å². The smallest absolute Gasteiger partial charge is 0.200 e. The van der Waals surface area contributed by atoms with E-state index in [4.69, 9.17) is 14.2 Å². The Balaban J connectivity index is 1.68. The number of ketones is 2. The second kappa shape index (κ2) is 6.14. The Morgan fingerprint density at radius 2 is 1.91 bits per heavy atom. The number of hydrogen-bond acceptors (Lipinski definition) is 6. The number of benzene rings is 1. The normalized spacial score (nSPS) is 37.3. The zero-order valence-corrected chi connectivity index (χ0v) is 20.9. The van der Waals surface area contributed by atoms with Crippen molar-refractivity contribution in [2.45, 2.75) is 89.6 Å². The van der Waals surface area contributed by atoms with Crippen molar-refractivity contribution >= 4 is 11.6 Å². The number of phenolic OH excluding ortho intramolecular Hbond substituents is 1. The molecule has 1 N–H and O–H groups in total. The minimum Gasteiger partial charge on any atom is -0.507 e. The summed E-state index contributed by atoms with van der Waals surface area (Å²) in [6.45, 7) is 14.0. The fraction of sp³-hybridized carbons (Fsp3) is 0.571. The third-order valence-corrected chi connectivity index (χ3v) is 9.08. The SMILES string of the molecule is CC(C)=CC[C@@]12OC(C)(C)[C@@H]3C[C@@H](C=C4C(=O)c5c(O)cc6c(c5O[C@]431)C(C)(C)[C@H](C)O6)C2=O. The van der Waals surface area contributed by atoms with E-state index >= 15 is 0 Å². The van der Waals surface area contributed by atoms with Crippen LogP contribution in [-0.4, -0.2) is 39.6 Å². The number of allylic oxidation sites excluding steroid dienone is 2. The van der Waals surface area contributed by atoms with Crippen molar-refractivity contribution in [2.24, 2.45) is 11.8 Å². The van der Waals surface area contributed by atoms with Crippen LogP contribution >= 0.6 is 0 Å². The monoisotopic (exact) mass is 464 g/mol. The van der Waals surface area contributed by atoms with Crippen LogP contribution in [0.2, 0.25) is 0 Å². The molecular formula is C28H32O6. The van der Waals surface area contributed by atoms with Gasteiger partial charge in [-0.3, -0.25) is 9.59 Å². The maximum atomic E-state index is 14.1. The quantitative estimate of drug-likeness (QED) is 0.633. The zero-order valence-electron chi connectivity index (χ0n) is 20.9.